The average molecular weight is 192 g/mol. The molecular formula is C5H8N2O2S2. The predicted octanol–water partition coefficient (Wildman–Crippen LogP) is -0.680. The zero-order valence-corrected chi connectivity index (χ0v) is 7.52. The molecule has 0 saturated heterocycles. The second kappa shape index (κ2) is 3.46. The topological polar surface area (TPSA) is 78.5 Å². The lowest BCUT2D eigenvalue weighted by atomic mass is 10.4. The molecular weight excluding hydrogens is 184 g/mol. The van der Waals surface area contributed by atoms with Crippen molar-refractivity contribution in [2.24, 2.45) is 10.7 Å². The van der Waals surface area contributed by atoms with Crippen molar-refractivity contribution < 1.29 is 9.35 Å². The van der Waals surface area contributed by atoms with Gasteiger partial charge in [0.15, 0.2) is 5.25 Å². The fourth-order valence-electron chi connectivity index (χ4n) is 0.773. The molecule has 3 unspecified atom stereocenters. The maximum Gasteiger partial charge on any atom is 0.238 e. The molecule has 11 heavy (non-hydrogen) atoms. The molecule has 1 heterocycles. The fraction of sp³-hybridized carbons (Fsp3) is 0.600. The van der Waals surface area contributed by atoms with Crippen LogP contribution in [0.1, 0.15) is 0 Å². The highest BCUT2D eigenvalue weighted by Gasteiger charge is 2.36. The summed E-state index contributed by atoms with van der Waals surface area (Å²) in [4.78, 5) is 14.6. The van der Waals surface area contributed by atoms with Gasteiger partial charge in [0.1, 0.15) is 0 Å². The van der Waals surface area contributed by atoms with E-state index in [1.165, 1.54) is 23.6 Å². The minimum atomic E-state index is -1.11. The average Bonchev–Trinajstić information content (AvgIpc) is 2.32. The third-order valence-corrected chi connectivity index (χ3v) is 3.57. The smallest absolute Gasteiger partial charge is 0.238 e. The largest absolute Gasteiger partial charge is 0.615 e. The molecule has 1 amide bonds. The molecule has 0 aromatic heterocycles. The van der Waals surface area contributed by atoms with Gasteiger partial charge in [0.2, 0.25) is 11.3 Å². The SMILES string of the molecule is C[S+]([O-])C1N=CSC1C(N)=O. The molecule has 4 nitrogen and oxygen atoms in total. The van der Waals surface area contributed by atoms with Crippen LogP contribution in [0.4, 0.5) is 0 Å². The van der Waals surface area contributed by atoms with Crippen LogP contribution in [0.3, 0.4) is 0 Å². The van der Waals surface area contributed by atoms with Gasteiger partial charge in [-0.3, -0.25) is 4.79 Å². The Hall–Kier alpha value is -0.200. The number of amides is 1. The Kier molecular flexibility index (Phi) is 2.80. The summed E-state index contributed by atoms with van der Waals surface area (Å²) in [7, 11) is 0. The Balaban J connectivity index is 2.63. The number of thioether (sulfide) groups is 1. The summed E-state index contributed by atoms with van der Waals surface area (Å²) in [6.07, 6.45) is 1.52. The molecule has 3 atom stereocenters. The fourth-order valence-corrected chi connectivity index (χ4v) is 2.90. The third kappa shape index (κ3) is 1.88. The van der Waals surface area contributed by atoms with Crippen LogP contribution in [0.2, 0.25) is 0 Å². The van der Waals surface area contributed by atoms with Gasteiger partial charge in [-0.15, -0.1) is 0 Å². The summed E-state index contributed by atoms with van der Waals surface area (Å²) in [5.74, 6) is -0.451. The first kappa shape index (κ1) is 8.89. The lowest BCUT2D eigenvalue weighted by molar-refractivity contribution is -0.117. The van der Waals surface area contributed by atoms with Crippen molar-refractivity contribution in [1.29, 1.82) is 0 Å². The predicted molar refractivity (Wildman–Crippen MR) is 46.9 cm³/mol. The molecule has 0 fully saturated rings. The Morgan fingerprint density at radius 2 is 2.55 bits per heavy atom. The Morgan fingerprint density at radius 3 is 2.91 bits per heavy atom. The van der Waals surface area contributed by atoms with Gasteiger partial charge in [0, 0.05) is 0 Å². The third-order valence-electron chi connectivity index (χ3n) is 1.29. The van der Waals surface area contributed by atoms with Gasteiger partial charge in [-0.05, 0) is 11.2 Å². The summed E-state index contributed by atoms with van der Waals surface area (Å²) >= 11 is 0.117. The molecule has 62 valence electrons. The van der Waals surface area contributed by atoms with Gasteiger partial charge in [-0.2, -0.15) is 0 Å². The monoisotopic (exact) mass is 192 g/mol. The van der Waals surface area contributed by atoms with Crippen molar-refractivity contribution in [1.82, 2.24) is 0 Å². The maximum absolute atomic E-state index is 10.9. The van der Waals surface area contributed by atoms with Crippen LogP contribution >= 0.6 is 11.8 Å². The van der Waals surface area contributed by atoms with E-state index in [0.717, 1.165) is 0 Å². The number of hydrogen-bond donors (Lipinski definition) is 1. The molecule has 0 saturated carbocycles. The minimum Gasteiger partial charge on any atom is -0.615 e. The zero-order chi connectivity index (χ0) is 8.43. The Morgan fingerprint density at radius 1 is 1.91 bits per heavy atom. The summed E-state index contributed by atoms with van der Waals surface area (Å²) in [6.45, 7) is 0. The first-order chi connectivity index (χ1) is 5.13. The van der Waals surface area contributed by atoms with E-state index in [-0.39, 0.29) is 0 Å². The summed E-state index contributed by atoms with van der Waals surface area (Å²) < 4.78 is 10.9. The van der Waals surface area contributed by atoms with E-state index in [4.69, 9.17) is 5.73 Å². The van der Waals surface area contributed by atoms with Gasteiger partial charge in [0.25, 0.3) is 0 Å². The summed E-state index contributed by atoms with van der Waals surface area (Å²) in [5.41, 5.74) is 6.58. The van der Waals surface area contributed by atoms with Crippen LogP contribution in [0.25, 0.3) is 0 Å². The standard InChI is InChI=1S/C5H8N2O2S2/c1-11(9)5-3(4(6)8)10-2-7-5/h2-3,5H,1H3,(H2,6,8). The van der Waals surface area contributed by atoms with Crippen LogP contribution in [0.15, 0.2) is 4.99 Å². The van der Waals surface area contributed by atoms with E-state index in [0.29, 0.717) is 0 Å². The van der Waals surface area contributed by atoms with Crippen molar-refractivity contribution >= 4 is 34.4 Å². The number of hydrogen-bond acceptors (Lipinski definition) is 4. The quantitative estimate of drug-likeness (QED) is 0.589. The van der Waals surface area contributed by atoms with Crippen LogP contribution in [-0.4, -0.2) is 32.9 Å². The molecule has 1 aliphatic rings. The normalized spacial score (nSPS) is 32.2. The van der Waals surface area contributed by atoms with E-state index < -0.39 is 27.7 Å². The van der Waals surface area contributed by atoms with Crippen molar-refractivity contribution in [2.45, 2.75) is 10.6 Å². The highest BCUT2D eigenvalue weighted by Crippen LogP contribution is 2.24. The van der Waals surface area contributed by atoms with Crippen LogP contribution in [0.5, 0.6) is 0 Å². The van der Waals surface area contributed by atoms with E-state index in [1.807, 2.05) is 0 Å². The lowest BCUT2D eigenvalue weighted by Crippen LogP contribution is -2.37. The molecule has 1 aliphatic heterocycles. The van der Waals surface area contributed by atoms with E-state index in [2.05, 4.69) is 4.99 Å². The molecule has 0 aromatic carbocycles. The second-order valence-electron chi connectivity index (χ2n) is 2.10. The number of aliphatic imine (C=N–C) groups is 1. The molecule has 2 N–H and O–H groups in total. The van der Waals surface area contributed by atoms with E-state index in [9.17, 15) is 9.35 Å². The molecule has 0 radical (unpaired) electrons. The number of nitrogens with zero attached hydrogens (tertiary/aromatic N) is 1. The molecule has 0 aromatic rings. The first-order valence-corrected chi connectivity index (χ1v) is 5.48. The molecule has 0 aliphatic carbocycles. The highest BCUT2D eigenvalue weighted by molar-refractivity contribution is 8.14. The van der Waals surface area contributed by atoms with Gasteiger partial charge in [-0.25, -0.2) is 4.99 Å². The van der Waals surface area contributed by atoms with Gasteiger partial charge in [0.05, 0.1) is 11.8 Å². The summed E-state index contributed by atoms with van der Waals surface area (Å²) in [6, 6.07) is 0. The second-order valence-corrected chi connectivity index (χ2v) is 4.57. The number of rotatable bonds is 2. The van der Waals surface area contributed by atoms with Crippen LogP contribution in [0, 0.1) is 0 Å². The summed E-state index contributed by atoms with van der Waals surface area (Å²) in [5, 5.41) is -0.890. The molecule has 6 heteroatoms. The number of primary amides is 1. The van der Waals surface area contributed by atoms with Crippen LogP contribution < -0.4 is 5.73 Å². The zero-order valence-electron chi connectivity index (χ0n) is 5.89. The van der Waals surface area contributed by atoms with E-state index >= 15 is 0 Å². The highest BCUT2D eigenvalue weighted by atomic mass is 32.2. The molecule has 0 spiro atoms. The number of carbonyl (C=O) groups is 1. The van der Waals surface area contributed by atoms with Gasteiger partial charge in [-0.1, -0.05) is 11.8 Å². The van der Waals surface area contributed by atoms with E-state index in [1.54, 1.807) is 0 Å². The lowest BCUT2D eigenvalue weighted by Gasteiger charge is -2.14. The van der Waals surface area contributed by atoms with Gasteiger partial charge < -0.3 is 10.3 Å². The Labute approximate surface area is 71.8 Å². The first-order valence-electron chi connectivity index (χ1n) is 2.91. The van der Waals surface area contributed by atoms with Crippen molar-refractivity contribution in [2.75, 3.05) is 6.26 Å². The van der Waals surface area contributed by atoms with Crippen LogP contribution in [-0.2, 0) is 16.0 Å². The van der Waals surface area contributed by atoms with Crippen molar-refractivity contribution in [3.8, 4) is 0 Å². The molecule has 0 bridgehead atoms. The van der Waals surface area contributed by atoms with Gasteiger partial charge >= 0.3 is 0 Å². The minimum absolute atomic E-state index is 0.444. The molecule has 1 rings (SSSR count). The number of carbonyl (C=O) groups excluding carboxylic acids is 1. The Bertz CT molecular complexity index is 195. The van der Waals surface area contributed by atoms with Crippen molar-refractivity contribution in [3.05, 3.63) is 0 Å². The van der Waals surface area contributed by atoms with Crippen molar-refractivity contribution in [3.63, 3.8) is 0 Å². The number of nitrogens with two attached hydrogens (primary N) is 1. The maximum atomic E-state index is 10.9.